The molecule has 7 nitrogen and oxygen atoms in total. The first-order chi connectivity index (χ1) is 16.5. The van der Waals surface area contributed by atoms with E-state index in [2.05, 4.69) is 20.9 Å². The third kappa shape index (κ3) is 4.34. The summed E-state index contributed by atoms with van der Waals surface area (Å²) in [7, 11) is 1.57. The van der Waals surface area contributed by atoms with Crippen LogP contribution in [0, 0.1) is 6.92 Å². The SMILES string of the molecule is COc1ccc(C2Nn3c(nnc3-c3ccccc3)SC2C(=O)Nc2cccc(C)c2)cc1Cl. The van der Waals surface area contributed by atoms with Crippen LogP contribution in [0.15, 0.2) is 78.0 Å². The number of aryl methyl sites for hydroxylation is 1. The van der Waals surface area contributed by atoms with Gasteiger partial charge in [-0.15, -0.1) is 10.2 Å². The van der Waals surface area contributed by atoms with Crippen LogP contribution in [0.2, 0.25) is 5.02 Å². The van der Waals surface area contributed by atoms with E-state index >= 15 is 0 Å². The Morgan fingerprint density at radius 3 is 2.65 bits per heavy atom. The molecule has 4 aromatic rings. The molecule has 9 heteroatoms. The van der Waals surface area contributed by atoms with Crippen molar-refractivity contribution in [2.24, 2.45) is 0 Å². The van der Waals surface area contributed by atoms with Crippen LogP contribution >= 0.6 is 23.4 Å². The summed E-state index contributed by atoms with van der Waals surface area (Å²) >= 11 is 7.80. The monoisotopic (exact) mass is 491 g/mol. The number of benzene rings is 3. The first-order valence-electron chi connectivity index (χ1n) is 10.7. The topological polar surface area (TPSA) is 81.1 Å². The molecular formula is C25H22ClN5O2S. The summed E-state index contributed by atoms with van der Waals surface area (Å²) in [5.41, 5.74) is 7.04. The molecule has 1 aliphatic heterocycles. The quantitative estimate of drug-likeness (QED) is 0.393. The number of aromatic nitrogens is 3. The second-order valence-electron chi connectivity index (χ2n) is 7.91. The number of nitrogens with one attached hydrogen (secondary N) is 2. The maximum Gasteiger partial charge on any atom is 0.240 e. The number of hydrogen-bond donors (Lipinski definition) is 2. The first-order valence-corrected chi connectivity index (χ1v) is 11.9. The Bertz CT molecular complexity index is 1340. The number of rotatable bonds is 5. The summed E-state index contributed by atoms with van der Waals surface area (Å²) in [4.78, 5) is 13.5. The van der Waals surface area contributed by atoms with Crippen LogP contribution in [0.5, 0.6) is 5.75 Å². The van der Waals surface area contributed by atoms with Crippen LogP contribution in [-0.2, 0) is 4.79 Å². The molecule has 2 unspecified atom stereocenters. The largest absolute Gasteiger partial charge is 0.495 e. The van der Waals surface area contributed by atoms with E-state index in [-0.39, 0.29) is 5.91 Å². The number of amides is 1. The lowest BCUT2D eigenvalue weighted by atomic mass is 10.0. The van der Waals surface area contributed by atoms with E-state index in [4.69, 9.17) is 16.3 Å². The molecule has 1 aliphatic rings. The van der Waals surface area contributed by atoms with Gasteiger partial charge in [-0.25, -0.2) is 4.68 Å². The standard InChI is InChI=1S/C25H22ClN5O2S/c1-15-7-6-10-18(13-15)27-24(32)22-21(17-11-12-20(33-2)19(26)14-17)30-31-23(28-29-25(31)34-22)16-8-4-3-5-9-16/h3-14,21-22,30H,1-2H3,(H,27,32). The summed E-state index contributed by atoms with van der Waals surface area (Å²) in [5.74, 6) is 1.10. The highest BCUT2D eigenvalue weighted by atomic mass is 35.5. The molecule has 3 aromatic carbocycles. The van der Waals surface area contributed by atoms with Gasteiger partial charge in [0.05, 0.1) is 18.2 Å². The fourth-order valence-electron chi connectivity index (χ4n) is 3.89. The molecule has 0 radical (unpaired) electrons. The highest BCUT2D eigenvalue weighted by Crippen LogP contribution is 2.40. The van der Waals surface area contributed by atoms with Gasteiger partial charge < -0.3 is 15.5 Å². The van der Waals surface area contributed by atoms with Crippen molar-refractivity contribution in [3.63, 3.8) is 0 Å². The van der Waals surface area contributed by atoms with Gasteiger partial charge in [0.1, 0.15) is 11.0 Å². The number of ether oxygens (including phenoxy) is 1. The molecule has 0 spiro atoms. The van der Waals surface area contributed by atoms with Gasteiger partial charge >= 0.3 is 0 Å². The van der Waals surface area contributed by atoms with E-state index in [1.165, 1.54) is 11.8 Å². The Morgan fingerprint density at radius 2 is 1.91 bits per heavy atom. The Balaban J connectivity index is 1.53. The van der Waals surface area contributed by atoms with Gasteiger partial charge in [0.2, 0.25) is 11.1 Å². The van der Waals surface area contributed by atoms with E-state index in [1.807, 2.05) is 78.3 Å². The van der Waals surface area contributed by atoms with Crippen molar-refractivity contribution in [3.05, 3.63) is 88.9 Å². The fourth-order valence-corrected chi connectivity index (χ4v) is 5.24. The van der Waals surface area contributed by atoms with Gasteiger partial charge in [-0.1, -0.05) is 71.9 Å². The molecule has 0 saturated heterocycles. The fraction of sp³-hybridized carbons (Fsp3) is 0.160. The van der Waals surface area contributed by atoms with E-state index < -0.39 is 11.3 Å². The average Bonchev–Trinajstić information content (AvgIpc) is 3.27. The summed E-state index contributed by atoms with van der Waals surface area (Å²) in [6.45, 7) is 1.99. The number of methoxy groups -OCH3 is 1. The van der Waals surface area contributed by atoms with Crippen molar-refractivity contribution in [3.8, 4) is 17.1 Å². The second kappa shape index (κ2) is 9.40. The minimum absolute atomic E-state index is 0.143. The molecule has 2 atom stereocenters. The Hall–Kier alpha value is -3.49. The molecule has 0 bridgehead atoms. The first kappa shape index (κ1) is 22.3. The van der Waals surface area contributed by atoms with Gasteiger partial charge in [0.25, 0.3) is 0 Å². The highest BCUT2D eigenvalue weighted by Gasteiger charge is 2.38. The number of hydrogen-bond acceptors (Lipinski definition) is 6. The van der Waals surface area contributed by atoms with Crippen LogP contribution in [0.4, 0.5) is 5.69 Å². The van der Waals surface area contributed by atoms with Gasteiger partial charge in [0.15, 0.2) is 5.82 Å². The van der Waals surface area contributed by atoms with Crippen molar-refractivity contribution in [2.45, 2.75) is 23.4 Å². The van der Waals surface area contributed by atoms with Gasteiger partial charge in [-0.05, 0) is 42.3 Å². The zero-order chi connectivity index (χ0) is 23.7. The van der Waals surface area contributed by atoms with Gasteiger partial charge in [0, 0.05) is 11.3 Å². The average molecular weight is 492 g/mol. The second-order valence-corrected chi connectivity index (χ2v) is 9.42. The van der Waals surface area contributed by atoms with Crippen LogP contribution in [-0.4, -0.2) is 33.1 Å². The molecule has 0 fully saturated rings. The molecule has 2 heterocycles. The number of halogens is 1. The molecule has 5 rings (SSSR count). The van der Waals surface area contributed by atoms with Crippen molar-refractivity contribution in [1.82, 2.24) is 14.9 Å². The van der Waals surface area contributed by atoms with Crippen LogP contribution in [0.25, 0.3) is 11.4 Å². The Labute approximate surface area is 206 Å². The number of anilines is 1. The van der Waals surface area contributed by atoms with Crippen LogP contribution in [0.1, 0.15) is 17.2 Å². The molecule has 0 aliphatic carbocycles. The third-order valence-corrected chi connectivity index (χ3v) is 7.06. The van der Waals surface area contributed by atoms with Crippen molar-refractivity contribution in [1.29, 1.82) is 0 Å². The predicted molar refractivity (Wildman–Crippen MR) is 135 cm³/mol. The molecule has 0 saturated carbocycles. The normalized spacial score (nSPS) is 16.9. The molecule has 1 amide bonds. The molecule has 1 aromatic heterocycles. The summed E-state index contributed by atoms with van der Waals surface area (Å²) in [6, 6.07) is 22.7. The lowest BCUT2D eigenvalue weighted by Crippen LogP contribution is -2.41. The van der Waals surface area contributed by atoms with Crippen molar-refractivity contribution < 1.29 is 9.53 Å². The van der Waals surface area contributed by atoms with E-state index in [0.717, 1.165) is 22.4 Å². The van der Waals surface area contributed by atoms with Gasteiger partial charge in [-0.2, -0.15) is 0 Å². The zero-order valence-corrected chi connectivity index (χ0v) is 20.1. The molecule has 34 heavy (non-hydrogen) atoms. The molecule has 172 valence electrons. The lowest BCUT2D eigenvalue weighted by molar-refractivity contribution is -0.116. The van der Waals surface area contributed by atoms with Crippen molar-refractivity contribution >= 4 is 35.0 Å². The Kier molecular flexibility index (Phi) is 6.17. The minimum Gasteiger partial charge on any atom is -0.495 e. The minimum atomic E-state index is -0.523. The van der Waals surface area contributed by atoms with Crippen LogP contribution in [0.3, 0.4) is 0 Å². The van der Waals surface area contributed by atoms with Crippen molar-refractivity contribution in [2.75, 3.05) is 17.9 Å². The summed E-state index contributed by atoms with van der Waals surface area (Å²) < 4.78 is 7.14. The molecular weight excluding hydrogens is 470 g/mol. The number of carbonyl (C=O) groups is 1. The highest BCUT2D eigenvalue weighted by molar-refractivity contribution is 8.00. The third-order valence-electron chi connectivity index (χ3n) is 5.55. The maximum atomic E-state index is 13.5. The zero-order valence-electron chi connectivity index (χ0n) is 18.5. The smallest absolute Gasteiger partial charge is 0.240 e. The van der Waals surface area contributed by atoms with E-state index in [0.29, 0.717) is 21.8 Å². The Morgan fingerprint density at radius 1 is 1.09 bits per heavy atom. The number of thioether (sulfide) groups is 1. The summed E-state index contributed by atoms with van der Waals surface area (Å²) in [6.07, 6.45) is 0. The van der Waals surface area contributed by atoms with E-state index in [9.17, 15) is 4.79 Å². The van der Waals surface area contributed by atoms with E-state index in [1.54, 1.807) is 13.2 Å². The van der Waals surface area contributed by atoms with Gasteiger partial charge in [-0.3, -0.25) is 4.79 Å². The van der Waals surface area contributed by atoms with Crippen LogP contribution < -0.4 is 15.5 Å². The maximum absolute atomic E-state index is 13.5. The summed E-state index contributed by atoms with van der Waals surface area (Å²) in [5, 5.41) is 12.3. The lowest BCUT2D eigenvalue weighted by Gasteiger charge is -2.33. The predicted octanol–water partition coefficient (Wildman–Crippen LogP) is 5.31. The number of nitrogens with zero attached hydrogens (tertiary/aromatic N) is 3. The number of fused-ring (bicyclic) bond motifs is 1. The molecule has 2 N–H and O–H groups in total. The number of carbonyl (C=O) groups excluding carboxylic acids is 1.